The lowest BCUT2D eigenvalue weighted by atomic mass is 9.91. The van der Waals surface area contributed by atoms with Crippen molar-refractivity contribution in [1.82, 2.24) is 15.2 Å². The lowest BCUT2D eigenvalue weighted by molar-refractivity contribution is -0.128. The summed E-state index contributed by atoms with van der Waals surface area (Å²) in [5, 5.41) is 14.5. The van der Waals surface area contributed by atoms with Gasteiger partial charge in [-0.25, -0.2) is 13.4 Å². The summed E-state index contributed by atoms with van der Waals surface area (Å²) in [7, 11) is -1.85. The molecule has 0 bridgehead atoms. The largest absolute Gasteiger partial charge is 0.463 e. The number of fused-ring (bicyclic) bond motifs is 1. The summed E-state index contributed by atoms with van der Waals surface area (Å²) in [5.41, 5.74) is 1.24. The Morgan fingerprint density at radius 2 is 1.94 bits per heavy atom. The van der Waals surface area contributed by atoms with E-state index in [-0.39, 0.29) is 5.91 Å². The van der Waals surface area contributed by atoms with Gasteiger partial charge in [-0.3, -0.25) is 14.4 Å². The normalized spacial score (nSPS) is 18.2. The number of carbonyl (C=O) groups excluding carboxylic acids is 1. The SMILES string of the molecule is CNC(=O)C(Oc1nccc2ccccc12)[C@H](CN1CC[C@H](O)C1)c1ccc(NS(C)(=O)=O)cc1. The Labute approximate surface area is 205 Å². The molecular formula is C25H30N4O5S. The number of amides is 1. The molecule has 1 aliphatic heterocycles. The summed E-state index contributed by atoms with van der Waals surface area (Å²) in [6.45, 7) is 1.69. The van der Waals surface area contributed by atoms with Crippen LogP contribution in [0.5, 0.6) is 5.88 Å². The highest BCUT2D eigenvalue weighted by Gasteiger charge is 2.35. The summed E-state index contributed by atoms with van der Waals surface area (Å²) in [6.07, 6.45) is 2.09. The van der Waals surface area contributed by atoms with Crippen LogP contribution in [0.2, 0.25) is 0 Å². The van der Waals surface area contributed by atoms with Gasteiger partial charge in [0.25, 0.3) is 5.91 Å². The average Bonchev–Trinajstić information content (AvgIpc) is 3.25. The van der Waals surface area contributed by atoms with E-state index in [0.29, 0.717) is 37.6 Å². The number of benzene rings is 2. The number of aliphatic hydroxyl groups excluding tert-OH is 1. The molecule has 0 spiro atoms. The number of likely N-dealkylation sites (N-methyl/N-ethyl adjacent to an activating group) is 1. The molecule has 1 fully saturated rings. The third kappa shape index (κ3) is 6.27. The van der Waals surface area contributed by atoms with Crippen LogP contribution in [0.3, 0.4) is 0 Å². The number of likely N-dealkylation sites (tertiary alicyclic amines) is 1. The van der Waals surface area contributed by atoms with Gasteiger partial charge in [0.1, 0.15) is 0 Å². The van der Waals surface area contributed by atoms with E-state index in [1.54, 1.807) is 37.5 Å². The first-order chi connectivity index (χ1) is 16.7. The lowest BCUT2D eigenvalue weighted by Crippen LogP contribution is -2.45. The van der Waals surface area contributed by atoms with Gasteiger partial charge in [0.15, 0.2) is 6.10 Å². The monoisotopic (exact) mass is 498 g/mol. The van der Waals surface area contributed by atoms with Crippen LogP contribution >= 0.6 is 0 Å². The molecule has 186 valence electrons. The number of aliphatic hydroxyl groups is 1. The molecular weight excluding hydrogens is 468 g/mol. The molecule has 1 aliphatic rings. The molecule has 0 aliphatic carbocycles. The topological polar surface area (TPSA) is 121 Å². The van der Waals surface area contributed by atoms with E-state index in [2.05, 4.69) is 19.9 Å². The number of ether oxygens (including phenoxy) is 1. The molecule has 0 saturated carbocycles. The number of sulfonamides is 1. The number of β-amino-alcohol motifs (C(OH)–C–C–N with tert-alkyl or cyclic N) is 1. The zero-order valence-corrected chi connectivity index (χ0v) is 20.5. The standard InChI is InChI=1S/C25H30N4O5S/c1-26-24(31)23(34-25-21-6-4-3-5-17(21)11-13-27-25)22(16-29-14-12-20(30)15-29)18-7-9-19(10-8-18)28-35(2,32)33/h3-11,13,20,22-23,28,30H,12,14-16H2,1-2H3,(H,26,31)/t20-,22+,23?/m0/s1. The molecule has 3 atom stereocenters. The van der Waals surface area contributed by atoms with Crippen LogP contribution in [-0.2, 0) is 14.8 Å². The van der Waals surface area contributed by atoms with Gasteiger partial charge in [-0.1, -0.05) is 30.3 Å². The minimum Gasteiger partial charge on any atom is -0.463 e. The Bertz CT molecular complexity index is 1280. The van der Waals surface area contributed by atoms with Crippen LogP contribution in [0, 0.1) is 0 Å². The van der Waals surface area contributed by atoms with Crippen molar-refractivity contribution < 1.29 is 23.1 Å². The second kappa shape index (κ2) is 10.6. The summed E-state index contributed by atoms with van der Waals surface area (Å²) in [5.74, 6) is -0.352. The molecule has 9 nitrogen and oxygen atoms in total. The van der Waals surface area contributed by atoms with Crippen LogP contribution in [0.15, 0.2) is 60.8 Å². The fourth-order valence-electron chi connectivity index (χ4n) is 4.41. The van der Waals surface area contributed by atoms with Gasteiger partial charge < -0.3 is 15.2 Å². The molecule has 10 heteroatoms. The summed E-state index contributed by atoms with van der Waals surface area (Å²) in [6, 6.07) is 16.5. The number of hydrogen-bond donors (Lipinski definition) is 3. The highest BCUT2D eigenvalue weighted by atomic mass is 32.2. The predicted octanol–water partition coefficient (Wildman–Crippen LogP) is 1.95. The van der Waals surface area contributed by atoms with E-state index in [0.717, 1.165) is 22.6 Å². The maximum Gasteiger partial charge on any atom is 0.261 e. The van der Waals surface area contributed by atoms with E-state index < -0.39 is 28.1 Å². The van der Waals surface area contributed by atoms with Crippen molar-refractivity contribution in [2.45, 2.75) is 24.5 Å². The second-order valence-corrected chi connectivity index (χ2v) is 10.5. The van der Waals surface area contributed by atoms with Gasteiger partial charge in [-0.15, -0.1) is 0 Å². The number of nitrogens with one attached hydrogen (secondary N) is 2. The molecule has 1 amide bonds. The average molecular weight is 499 g/mol. The molecule has 3 N–H and O–H groups in total. The van der Waals surface area contributed by atoms with Crippen molar-refractivity contribution in [3.05, 3.63) is 66.4 Å². The molecule has 3 aromatic rings. The Morgan fingerprint density at radius 1 is 1.20 bits per heavy atom. The fraction of sp³-hybridized carbons (Fsp3) is 0.360. The minimum absolute atomic E-state index is 0.303. The number of anilines is 1. The zero-order chi connectivity index (χ0) is 25.0. The van der Waals surface area contributed by atoms with Gasteiger partial charge in [-0.2, -0.15) is 0 Å². The Morgan fingerprint density at radius 3 is 2.60 bits per heavy atom. The zero-order valence-electron chi connectivity index (χ0n) is 19.7. The number of aromatic nitrogens is 1. The number of nitrogens with zero attached hydrogens (tertiary/aromatic N) is 2. The summed E-state index contributed by atoms with van der Waals surface area (Å²) >= 11 is 0. The van der Waals surface area contributed by atoms with Gasteiger partial charge in [0, 0.05) is 49.9 Å². The van der Waals surface area contributed by atoms with Crippen molar-refractivity contribution in [3.8, 4) is 5.88 Å². The van der Waals surface area contributed by atoms with Crippen LogP contribution in [0.1, 0.15) is 17.9 Å². The highest BCUT2D eigenvalue weighted by molar-refractivity contribution is 7.92. The maximum atomic E-state index is 13.1. The molecule has 35 heavy (non-hydrogen) atoms. The van der Waals surface area contributed by atoms with E-state index in [4.69, 9.17) is 4.74 Å². The summed E-state index contributed by atoms with van der Waals surface area (Å²) in [4.78, 5) is 19.6. The fourth-order valence-corrected chi connectivity index (χ4v) is 4.98. The predicted molar refractivity (Wildman–Crippen MR) is 135 cm³/mol. The van der Waals surface area contributed by atoms with Crippen molar-refractivity contribution in [3.63, 3.8) is 0 Å². The van der Waals surface area contributed by atoms with E-state index in [1.807, 2.05) is 30.3 Å². The first-order valence-corrected chi connectivity index (χ1v) is 13.3. The van der Waals surface area contributed by atoms with Crippen molar-refractivity contribution in [1.29, 1.82) is 0 Å². The molecule has 1 unspecified atom stereocenters. The first kappa shape index (κ1) is 24.9. The van der Waals surface area contributed by atoms with Gasteiger partial charge in [-0.05, 0) is 41.6 Å². The molecule has 2 aromatic carbocycles. The van der Waals surface area contributed by atoms with E-state index in [1.165, 1.54) is 0 Å². The van der Waals surface area contributed by atoms with Crippen molar-refractivity contribution >= 4 is 32.4 Å². The van der Waals surface area contributed by atoms with Gasteiger partial charge >= 0.3 is 0 Å². The maximum absolute atomic E-state index is 13.1. The van der Waals surface area contributed by atoms with Crippen LogP contribution in [-0.4, -0.2) is 74.5 Å². The van der Waals surface area contributed by atoms with Crippen LogP contribution < -0.4 is 14.8 Å². The molecule has 1 saturated heterocycles. The minimum atomic E-state index is -3.41. The smallest absolute Gasteiger partial charge is 0.261 e. The van der Waals surface area contributed by atoms with Crippen LogP contribution in [0.4, 0.5) is 5.69 Å². The van der Waals surface area contributed by atoms with Crippen molar-refractivity contribution in [2.24, 2.45) is 0 Å². The molecule has 4 rings (SSSR count). The molecule has 2 heterocycles. The first-order valence-electron chi connectivity index (χ1n) is 11.4. The van der Waals surface area contributed by atoms with Crippen molar-refractivity contribution in [2.75, 3.05) is 37.7 Å². The van der Waals surface area contributed by atoms with E-state index >= 15 is 0 Å². The highest BCUT2D eigenvalue weighted by Crippen LogP contribution is 2.30. The quantitative estimate of drug-likeness (QED) is 0.412. The molecule has 1 aromatic heterocycles. The Kier molecular flexibility index (Phi) is 7.54. The number of rotatable bonds is 9. The Balaban J connectivity index is 1.71. The van der Waals surface area contributed by atoms with Gasteiger partial charge in [0.05, 0.1) is 12.4 Å². The molecule has 0 radical (unpaired) electrons. The lowest BCUT2D eigenvalue weighted by Gasteiger charge is -2.30. The van der Waals surface area contributed by atoms with Crippen LogP contribution in [0.25, 0.3) is 10.8 Å². The second-order valence-electron chi connectivity index (χ2n) is 8.79. The number of pyridine rings is 1. The van der Waals surface area contributed by atoms with Gasteiger partial charge in [0.2, 0.25) is 15.9 Å². The summed E-state index contributed by atoms with van der Waals surface area (Å²) < 4.78 is 32.0. The third-order valence-electron chi connectivity index (χ3n) is 6.09. The Hall–Kier alpha value is -3.21. The number of carbonyl (C=O) groups is 1. The van der Waals surface area contributed by atoms with E-state index in [9.17, 15) is 18.3 Å². The number of hydrogen-bond acceptors (Lipinski definition) is 7. The third-order valence-corrected chi connectivity index (χ3v) is 6.70.